The third-order valence-electron chi connectivity index (χ3n) is 2.15. The zero-order valence-electron chi connectivity index (χ0n) is 7.86. The molecule has 0 aliphatic carbocycles. The summed E-state index contributed by atoms with van der Waals surface area (Å²) >= 11 is 0. The molecule has 5 heteroatoms. The number of aliphatic imine (C=N–C) groups is 1. The van der Waals surface area contributed by atoms with Gasteiger partial charge in [0.2, 0.25) is 0 Å². The fraction of sp³-hybridized carbons (Fsp3) is 0.300. The zero-order chi connectivity index (χ0) is 10.8. The number of hydrogen-bond donors (Lipinski definition) is 1. The third kappa shape index (κ3) is 2.11. The fourth-order valence-electron chi connectivity index (χ4n) is 1.44. The zero-order valence-corrected chi connectivity index (χ0v) is 7.86. The molecule has 1 aromatic carbocycles. The van der Waals surface area contributed by atoms with Gasteiger partial charge in [0.25, 0.3) is 0 Å². The Morgan fingerprint density at radius 2 is 1.80 bits per heavy atom. The summed E-state index contributed by atoms with van der Waals surface area (Å²) in [5.41, 5.74) is 0.187. The van der Waals surface area contributed by atoms with Crippen molar-refractivity contribution in [3.05, 3.63) is 29.6 Å². The van der Waals surface area contributed by atoms with Gasteiger partial charge in [-0.3, -0.25) is 4.99 Å². The van der Waals surface area contributed by atoms with Crippen LogP contribution in [0.4, 0.5) is 18.9 Å². The van der Waals surface area contributed by atoms with Crippen LogP contribution in [0.25, 0.3) is 0 Å². The minimum absolute atomic E-state index is 0.187. The van der Waals surface area contributed by atoms with Crippen molar-refractivity contribution in [3.63, 3.8) is 0 Å². The molecule has 15 heavy (non-hydrogen) atoms. The minimum atomic E-state index is -1.45. The number of nitrogens with zero attached hydrogens (tertiary/aromatic N) is 1. The van der Waals surface area contributed by atoms with E-state index in [4.69, 9.17) is 0 Å². The third-order valence-corrected chi connectivity index (χ3v) is 2.15. The van der Waals surface area contributed by atoms with E-state index in [-0.39, 0.29) is 5.69 Å². The maximum absolute atomic E-state index is 12.8. The number of benzene rings is 1. The quantitative estimate of drug-likeness (QED) is 0.714. The molecule has 0 bridgehead atoms. The second kappa shape index (κ2) is 3.92. The van der Waals surface area contributed by atoms with Gasteiger partial charge in [0.05, 0.1) is 0 Å². The normalized spacial score (nSPS) is 15.3. The molecule has 1 aromatic rings. The molecule has 1 N–H and O–H groups in total. The van der Waals surface area contributed by atoms with Gasteiger partial charge in [0, 0.05) is 30.8 Å². The molecule has 0 saturated heterocycles. The molecule has 0 saturated carbocycles. The van der Waals surface area contributed by atoms with E-state index in [9.17, 15) is 13.2 Å². The first-order valence-corrected chi connectivity index (χ1v) is 4.62. The van der Waals surface area contributed by atoms with Crippen LogP contribution in [0.1, 0.15) is 12.8 Å². The Hall–Kier alpha value is -1.52. The number of halogens is 3. The highest BCUT2D eigenvalue weighted by atomic mass is 19.2. The number of anilines is 1. The van der Waals surface area contributed by atoms with Crippen LogP contribution < -0.4 is 5.32 Å². The Balaban J connectivity index is 2.22. The standard InChI is InChI=1S/C10H9F3N2/c11-7-4-6(5-8(12)10(7)13)15-9-2-1-3-14-9/h4-5H,1-3H2,(H,14,15). The number of hydrogen-bond acceptors (Lipinski definition) is 2. The van der Waals surface area contributed by atoms with Crippen LogP contribution in [0.2, 0.25) is 0 Å². The van der Waals surface area contributed by atoms with Crippen molar-refractivity contribution in [1.29, 1.82) is 0 Å². The number of rotatable bonds is 1. The predicted molar refractivity (Wildman–Crippen MR) is 51.5 cm³/mol. The summed E-state index contributed by atoms with van der Waals surface area (Å²) in [6, 6.07) is 1.83. The van der Waals surface area contributed by atoms with Crippen molar-refractivity contribution >= 4 is 11.5 Å². The van der Waals surface area contributed by atoms with Gasteiger partial charge in [-0.2, -0.15) is 0 Å². The topological polar surface area (TPSA) is 24.4 Å². The van der Waals surface area contributed by atoms with E-state index in [1.807, 2.05) is 0 Å². The first-order valence-electron chi connectivity index (χ1n) is 4.62. The van der Waals surface area contributed by atoms with Crippen LogP contribution >= 0.6 is 0 Å². The largest absolute Gasteiger partial charge is 0.344 e. The van der Waals surface area contributed by atoms with Crippen molar-refractivity contribution < 1.29 is 13.2 Å². The molecular formula is C10H9F3N2. The van der Waals surface area contributed by atoms with Crippen LogP contribution in [0.5, 0.6) is 0 Å². The van der Waals surface area contributed by atoms with Gasteiger partial charge in [-0.25, -0.2) is 13.2 Å². The van der Waals surface area contributed by atoms with Crippen LogP contribution in [-0.2, 0) is 0 Å². The Kier molecular flexibility index (Phi) is 2.62. The van der Waals surface area contributed by atoms with E-state index in [1.165, 1.54) is 0 Å². The molecule has 2 rings (SSSR count). The lowest BCUT2D eigenvalue weighted by molar-refractivity contribution is 0.448. The molecular weight excluding hydrogens is 205 g/mol. The monoisotopic (exact) mass is 214 g/mol. The highest BCUT2D eigenvalue weighted by molar-refractivity contribution is 5.96. The van der Waals surface area contributed by atoms with Gasteiger partial charge in [0.1, 0.15) is 5.84 Å². The Labute approximate surface area is 84.8 Å². The van der Waals surface area contributed by atoms with Crippen LogP contribution in [0.3, 0.4) is 0 Å². The van der Waals surface area contributed by atoms with Crippen LogP contribution in [0, 0.1) is 17.5 Å². The number of nitrogens with one attached hydrogen (secondary N) is 1. The predicted octanol–water partition coefficient (Wildman–Crippen LogP) is 2.71. The molecule has 0 radical (unpaired) electrons. The lowest BCUT2D eigenvalue weighted by Crippen LogP contribution is -2.09. The Morgan fingerprint density at radius 3 is 2.33 bits per heavy atom. The minimum Gasteiger partial charge on any atom is -0.344 e. The fourth-order valence-corrected chi connectivity index (χ4v) is 1.44. The van der Waals surface area contributed by atoms with E-state index in [2.05, 4.69) is 10.3 Å². The summed E-state index contributed by atoms with van der Waals surface area (Å²) in [5, 5.41) is 2.75. The summed E-state index contributed by atoms with van der Waals surface area (Å²) in [4.78, 5) is 4.08. The lowest BCUT2D eigenvalue weighted by atomic mass is 10.2. The van der Waals surface area contributed by atoms with Crippen molar-refractivity contribution in [2.45, 2.75) is 12.8 Å². The van der Waals surface area contributed by atoms with Crippen LogP contribution in [0.15, 0.2) is 17.1 Å². The smallest absolute Gasteiger partial charge is 0.194 e. The molecule has 80 valence electrons. The maximum Gasteiger partial charge on any atom is 0.194 e. The summed E-state index contributed by atoms with van der Waals surface area (Å²) < 4.78 is 38.3. The van der Waals surface area contributed by atoms with E-state index in [0.29, 0.717) is 12.4 Å². The van der Waals surface area contributed by atoms with Crippen molar-refractivity contribution in [3.8, 4) is 0 Å². The molecule has 0 spiro atoms. The van der Waals surface area contributed by atoms with Crippen molar-refractivity contribution in [1.82, 2.24) is 0 Å². The second-order valence-corrected chi connectivity index (χ2v) is 3.31. The molecule has 1 aliphatic rings. The second-order valence-electron chi connectivity index (χ2n) is 3.31. The summed E-state index contributed by atoms with van der Waals surface area (Å²) in [5.74, 6) is -3.17. The number of amidine groups is 1. The average molecular weight is 214 g/mol. The summed E-state index contributed by atoms with van der Waals surface area (Å²) in [7, 11) is 0. The van der Waals surface area contributed by atoms with Gasteiger partial charge >= 0.3 is 0 Å². The molecule has 0 amide bonds. The SMILES string of the molecule is Fc1cc(NC2=NCCC2)cc(F)c1F. The van der Waals surface area contributed by atoms with Crippen molar-refractivity contribution in [2.24, 2.45) is 4.99 Å². The lowest BCUT2D eigenvalue weighted by Gasteiger charge is -2.06. The van der Waals surface area contributed by atoms with Gasteiger partial charge in [0.15, 0.2) is 17.5 Å². The van der Waals surface area contributed by atoms with Gasteiger partial charge in [-0.1, -0.05) is 0 Å². The molecule has 0 atom stereocenters. The highest BCUT2D eigenvalue weighted by Crippen LogP contribution is 2.18. The highest BCUT2D eigenvalue weighted by Gasteiger charge is 2.12. The van der Waals surface area contributed by atoms with E-state index in [1.54, 1.807) is 0 Å². The molecule has 0 unspecified atom stereocenters. The average Bonchev–Trinajstić information content (AvgIpc) is 2.66. The van der Waals surface area contributed by atoms with Crippen LogP contribution in [-0.4, -0.2) is 12.4 Å². The molecule has 2 nitrogen and oxygen atoms in total. The molecule has 0 aromatic heterocycles. The van der Waals surface area contributed by atoms with Gasteiger partial charge in [-0.05, 0) is 6.42 Å². The molecule has 1 heterocycles. The Morgan fingerprint density at radius 1 is 1.13 bits per heavy atom. The first kappa shape index (κ1) is 10.0. The summed E-state index contributed by atoms with van der Waals surface area (Å²) in [6.45, 7) is 0.717. The van der Waals surface area contributed by atoms with E-state index < -0.39 is 17.5 Å². The van der Waals surface area contributed by atoms with Gasteiger partial charge in [-0.15, -0.1) is 0 Å². The van der Waals surface area contributed by atoms with Gasteiger partial charge < -0.3 is 5.32 Å². The molecule has 1 aliphatic heterocycles. The molecule has 0 fully saturated rings. The Bertz CT molecular complexity index is 392. The first-order chi connectivity index (χ1) is 7.16. The summed E-state index contributed by atoms with van der Waals surface area (Å²) in [6.07, 6.45) is 1.68. The van der Waals surface area contributed by atoms with E-state index >= 15 is 0 Å². The maximum atomic E-state index is 12.8. The van der Waals surface area contributed by atoms with Crippen molar-refractivity contribution in [2.75, 3.05) is 11.9 Å². The van der Waals surface area contributed by atoms with E-state index in [0.717, 1.165) is 25.0 Å².